The molecule has 130 valence electrons. The molecule has 1 saturated carbocycles. The first-order chi connectivity index (χ1) is 12.1. The minimum atomic E-state index is -0.312. The maximum absolute atomic E-state index is 12.4. The number of hydrogen-bond donors (Lipinski definition) is 2. The van der Waals surface area contributed by atoms with Crippen molar-refractivity contribution in [2.24, 2.45) is 0 Å². The van der Waals surface area contributed by atoms with Crippen LogP contribution in [0.1, 0.15) is 44.9 Å². The predicted molar refractivity (Wildman–Crippen MR) is 93.9 cm³/mol. The Labute approximate surface area is 146 Å². The number of aromatic nitrogens is 1. The van der Waals surface area contributed by atoms with Crippen LogP contribution in [0.4, 0.5) is 0 Å². The van der Waals surface area contributed by atoms with Gasteiger partial charge in [-0.3, -0.25) is 9.59 Å². The molecule has 2 N–H and O–H groups in total. The van der Waals surface area contributed by atoms with Crippen LogP contribution in [-0.2, 0) is 6.42 Å². The molecule has 1 aromatic carbocycles. The van der Waals surface area contributed by atoms with Gasteiger partial charge in [-0.15, -0.1) is 0 Å². The van der Waals surface area contributed by atoms with Gasteiger partial charge in [0.2, 0.25) is 0 Å². The van der Waals surface area contributed by atoms with Gasteiger partial charge in [-0.2, -0.15) is 0 Å². The Kier molecular flexibility index (Phi) is 4.97. The quantitative estimate of drug-likeness (QED) is 0.843. The largest absolute Gasteiger partial charge is 0.497 e. The van der Waals surface area contributed by atoms with Crippen molar-refractivity contribution < 1.29 is 14.3 Å². The van der Waals surface area contributed by atoms with E-state index < -0.39 is 0 Å². The number of nitrogens with one attached hydrogen (secondary N) is 2. The van der Waals surface area contributed by atoms with E-state index in [1.54, 1.807) is 20.2 Å². The van der Waals surface area contributed by atoms with Gasteiger partial charge in [0.1, 0.15) is 11.4 Å². The molecule has 3 rings (SSSR count). The summed E-state index contributed by atoms with van der Waals surface area (Å²) in [7, 11) is 3.16. The van der Waals surface area contributed by atoms with Gasteiger partial charge >= 0.3 is 0 Å². The molecule has 1 heterocycles. The number of methoxy groups -OCH3 is 1. The van der Waals surface area contributed by atoms with Crippen LogP contribution in [0.3, 0.4) is 0 Å². The number of hydrogen-bond acceptors (Lipinski definition) is 4. The summed E-state index contributed by atoms with van der Waals surface area (Å²) in [6.07, 6.45) is 2.53. The van der Waals surface area contributed by atoms with Crippen molar-refractivity contribution in [3.63, 3.8) is 0 Å². The molecule has 1 aromatic heterocycles. The number of ether oxygens (including phenoxy) is 1. The fourth-order valence-electron chi connectivity index (χ4n) is 2.54. The lowest BCUT2D eigenvalue weighted by atomic mass is 10.1. The Morgan fingerprint density at radius 3 is 2.68 bits per heavy atom. The summed E-state index contributed by atoms with van der Waals surface area (Å²) in [6.45, 7) is 0. The second-order valence-electron chi connectivity index (χ2n) is 6.09. The van der Waals surface area contributed by atoms with Crippen LogP contribution in [0.25, 0.3) is 0 Å². The third kappa shape index (κ3) is 4.35. The average molecular weight is 339 g/mol. The zero-order valence-electron chi connectivity index (χ0n) is 14.3. The van der Waals surface area contributed by atoms with Gasteiger partial charge in [0.15, 0.2) is 0 Å². The third-order valence-electron chi connectivity index (χ3n) is 4.03. The Bertz CT molecular complexity index is 800. The fraction of sp³-hybridized carbons (Fsp3) is 0.316. The summed E-state index contributed by atoms with van der Waals surface area (Å²) >= 11 is 0. The summed E-state index contributed by atoms with van der Waals surface area (Å²) in [5, 5.41) is 5.50. The highest BCUT2D eigenvalue weighted by molar-refractivity contribution is 5.98. The molecule has 6 heteroatoms. The molecular weight excluding hydrogens is 318 g/mol. The first-order valence-electron chi connectivity index (χ1n) is 8.26. The molecule has 0 aliphatic heterocycles. The number of carbonyl (C=O) groups is 2. The molecule has 0 saturated heterocycles. The normalized spacial score (nSPS) is 13.2. The van der Waals surface area contributed by atoms with Gasteiger partial charge < -0.3 is 15.4 Å². The first-order valence-corrected chi connectivity index (χ1v) is 8.26. The Morgan fingerprint density at radius 2 is 2.00 bits per heavy atom. The van der Waals surface area contributed by atoms with Crippen molar-refractivity contribution >= 4 is 11.8 Å². The van der Waals surface area contributed by atoms with Crippen LogP contribution in [0.2, 0.25) is 0 Å². The van der Waals surface area contributed by atoms with Crippen molar-refractivity contribution in [3.05, 3.63) is 58.9 Å². The number of nitrogens with zero attached hydrogens (tertiary/aromatic N) is 1. The molecule has 1 aliphatic rings. The highest BCUT2D eigenvalue weighted by Crippen LogP contribution is 2.20. The van der Waals surface area contributed by atoms with E-state index in [1.165, 1.54) is 6.07 Å². The molecule has 2 aromatic rings. The van der Waals surface area contributed by atoms with Crippen molar-refractivity contribution in [3.8, 4) is 5.75 Å². The molecule has 0 spiro atoms. The number of benzene rings is 1. The summed E-state index contributed by atoms with van der Waals surface area (Å²) < 4.78 is 5.24. The molecular formula is C19H21N3O3. The van der Waals surface area contributed by atoms with Gasteiger partial charge in [0.25, 0.3) is 11.8 Å². The van der Waals surface area contributed by atoms with Crippen LogP contribution in [0.15, 0.2) is 36.4 Å². The summed E-state index contributed by atoms with van der Waals surface area (Å²) in [5.74, 6) is 0.279. The van der Waals surface area contributed by atoms with Crippen LogP contribution in [-0.4, -0.2) is 37.0 Å². The molecule has 2 amide bonds. The summed E-state index contributed by atoms with van der Waals surface area (Å²) in [5.41, 5.74) is 2.35. The lowest BCUT2D eigenvalue weighted by Gasteiger charge is -2.10. The standard InChI is InChI=1S/C19H21N3O3/c1-20-19(24)17-11-13(18(23)22-14-6-7-14)10-15(21-17)8-12-4-3-5-16(9-12)25-2/h3-5,9-11,14H,6-8H2,1-2H3,(H,20,24)(H,22,23). The maximum Gasteiger partial charge on any atom is 0.269 e. The Morgan fingerprint density at radius 1 is 1.20 bits per heavy atom. The van der Waals surface area contributed by atoms with E-state index in [4.69, 9.17) is 4.74 Å². The van der Waals surface area contributed by atoms with E-state index in [2.05, 4.69) is 15.6 Å². The van der Waals surface area contributed by atoms with Crippen molar-refractivity contribution in [1.82, 2.24) is 15.6 Å². The molecule has 1 aliphatic carbocycles. The highest BCUT2D eigenvalue weighted by Gasteiger charge is 2.24. The molecule has 25 heavy (non-hydrogen) atoms. The predicted octanol–water partition coefficient (Wildman–Crippen LogP) is 1.93. The van der Waals surface area contributed by atoms with Crippen molar-refractivity contribution in [1.29, 1.82) is 0 Å². The average Bonchev–Trinajstić information content (AvgIpc) is 3.44. The molecule has 6 nitrogen and oxygen atoms in total. The smallest absolute Gasteiger partial charge is 0.269 e. The lowest BCUT2D eigenvalue weighted by Crippen LogP contribution is -2.27. The van der Waals surface area contributed by atoms with E-state index in [9.17, 15) is 9.59 Å². The van der Waals surface area contributed by atoms with Crippen LogP contribution >= 0.6 is 0 Å². The van der Waals surface area contributed by atoms with Crippen molar-refractivity contribution in [2.45, 2.75) is 25.3 Å². The van der Waals surface area contributed by atoms with Crippen molar-refractivity contribution in [2.75, 3.05) is 14.2 Å². The van der Waals surface area contributed by atoms with E-state index in [1.807, 2.05) is 24.3 Å². The zero-order valence-corrected chi connectivity index (χ0v) is 14.3. The van der Waals surface area contributed by atoms with Gasteiger partial charge in [0.05, 0.1) is 7.11 Å². The topological polar surface area (TPSA) is 80.3 Å². The number of carbonyl (C=O) groups excluding carboxylic acids is 2. The maximum atomic E-state index is 12.4. The molecule has 0 radical (unpaired) electrons. The lowest BCUT2D eigenvalue weighted by molar-refractivity contribution is 0.0951. The monoisotopic (exact) mass is 339 g/mol. The molecule has 0 unspecified atom stereocenters. The van der Waals surface area contributed by atoms with Gasteiger partial charge in [-0.25, -0.2) is 4.98 Å². The van der Waals surface area contributed by atoms with Gasteiger partial charge in [0, 0.05) is 30.8 Å². The number of pyridine rings is 1. The zero-order chi connectivity index (χ0) is 17.8. The third-order valence-corrected chi connectivity index (χ3v) is 4.03. The minimum Gasteiger partial charge on any atom is -0.497 e. The highest BCUT2D eigenvalue weighted by atomic mass is 16.5. The van der Waals surface area contributed by atoms with Crippen LogP contribution in [0.5, 0.6) is 5.75 Å². The van der Waals surface area contributed by atoms with Crippen LogP contribution < -0.4 is 15.4 Å². The number of rotatable bonds is 6. The molecule has 0 atom stereocenters. The molecule has 0 bridgehead atoms. The van der Waals surface area contributed by atoms with E-state index in [0.29, 0.717) is 17.7 Å². The van der Waals surface area contributed by atoms with Crippen LogP contribution in [0, 0.1) is 0 Å². The van der Waals surface area contributed by atoms with E-state index >= 15 is 0 Å². The van der Waals surface area contributed by atoms with E-state index in [0.717, 1.165) is 24.2 Å². The summed E-state index contributed by atoms with van der Waals surface area (Å²) in [4.78, 5) is 28.8. The minimum absolute atomic E-state index is 0.165. The van der Waals surface area contributed by atoms with Gasteiger partial charge in [-0.1, -0.05) is 12.1 Å². The summed E-state index contributed by atoms with van der Waals surface area (Å²) in [6, 6.07) is 11.2. The Balaban J connectivity index is 1.90. The first kappa shape index (κ1) is 17.0. The van der Waals surface area contributed by atoms with E-state index in [-0.39, 0.29) is 23.6 Å². The number of amides is 2. The second-order valence-corrected chi connectivity index (χ2v) is 6.09. The molecule has 1 fully saturated rings. The fourth-order valence-corrected chi connectivity index (χ4v) is 2.54. The SMILES string of the molecule is CNC(=O)c1cc(C(=O)NC2CC2)cc(Cc2cccc(OC)c2)n1. The van der Waals surface area contributed by atoms with Gasteiger partial charge in [-0.05, 0) is 42.7 Å². The second kappa shape index (κ2) is 7.34. The Hall–Kier alpha value is -2.89.